The lowest BCUT2D eigenvalue weighted by Gasteiger charge is -2.29. The van der Waals surface area contributed by atoms with E-state index in [4.69, 9.17) is 9.47 Å². The third-order valence-corrected chi connectivity index (χ3v) is 5.04. The maximum Gasteiger partial charge on any atom is 0.253 e. The van der Waals surface area contributed by atoms with Crippen molar-refractivity contribution in [3.63, 3.8) is 0 Å². The molecule has 0 N–H and O–H groups in total. The van der Waals surface area contributed by atoms with Crippen LogP contribution in [0.15, 0.2) is 48.5 Å². The average molecular weight is 353 g/mol. The van der Waals surface area contributed by atoms with Gasteiger partial charge in [-0.15, -0.1) is 0 Å². The molecule has 1 aliphatic heterocycles. The van der Waals surface area contributed by atoms with Crippen molar-refractivity contribution in [3.8, 4) is 16.9 Å². The van der Waals surface area contributed by atoms with Crippen molar-refractivity contribution >= 4 is 5.91 Å². The average Bonchev–Trinajstić information content (AvgIpc) is 2.72. The van der Waals surface area contributed by atoms with Gasteiger partial charge in [-0.3, -0.25) is 4.79 Å². The Morgan fingerprint density at radius 1 is 1.12 bits per heavy atom. The van der Waals surface area contributed by atoms with Crippen molar-refractivity contribution in [1.82, 2.24) is 4.90 Å². The Labute approximate surface area is 155 Å². The van der Waals surface area contributed by atoms with Crippen molar-refractivity contribution in [2.75, 3.05) is 33.4 Å². The summed E-state index contributed by atoms with van der Waals surface area (Å²) in [7, 11) is 1.67. The first-order valence-electron chi connectivity index (χ1n) is 9.33. The molecule has 4 heteroatoms. The fraction of sp³-hybridized carbons (Fsp3) is 0.409. The molecule has 1 heterocycles. The molecule has 4 nitrogen and oxygen atoms in total. The van der Waals surface area contributed by atoms with Gasteiger partial charge < -0.3 is 14.4 Å². The molecule has 0 unspecified atom stereocenters. The summed E-state index contributed by atoms with van der Waals surface area (Å²) < 4.78 is 10.9. The fourth-order valence-corrected chi connectivity index (χ4v) is 3.45. The van der Waals surface area contributed by atoms with Gasteiger partial charge in [0, 0.05) is 37.4 Å². The molecule has 26 heavy (non-hydrogen) atoms. The quantitative estimate of drug-likeness (QED) is 0.779. The lowest BCUT2D eigenvalue weighted by molar-refractivity contribution is 0.0467. The van der Waals surface area contributed by atoms with E-state index in [0.29, 0.717) is 5.92 Å². The number of hydrogen-bond donors (Lipinski definition) is 0. The van der Waals surface area contributed by atoms with Gasteiger partial charge >= 0.3 is 0 Å². The minimum absolute atomic E-state index is 0.102. The molecule has 0 spiro atoms. The third kappa shape index (κ3) is 4.25. The highest BCUT2D eigenvalue weighted by atomic mass is 16.5. The molecule has 0 radical (unpaired) electrons. The molecule has 1 saturated heterocycles. The number of hydrogen-bond acceptors (Lipinski definition) is 3. The van der Waals surface area contributed by atoms with Crippen molar-refractivity contribution in [3.05, 3.63) is 54.1 Å². The summed E-state index contributed by atoms with van der Waals surface area (Å²) in [6.45, 7) is 5.20. The molecule has 0 aliphatic carbocycles. The van der Waals surface area contributed by atoms with Gasteiger partial charge in [0.25, 0.3) is 5.91 Å². The third-order valence-electron chi connectivity index (χ3n) is 5.04. The normalized spacial score (nSPS) is 14.8. The van der Waals surface area contributed by atoms with E-state index in [1.54, 1.807) is 7.11 Å². The van der Waals surface area contributed by atoms with Crippen LogP contribution in [0.4, 0.5) is 0 Å². The molecular weight excluding hydrogens is 326 g/mol. The topological polar surface area (TPSA) is 38.8 Å². The monoisotopic (exact) mass is 353 g/mol. The maximum atomic E-state index is 12.9. The number of carbonyl (C=O) groups excluding carboxylic acids is 1. The summed E-state index contributed by atoms with van der Waals surface area (Å²) in [5.74, 6) is 1.48. The summed E-state index contributed by atoms with van der Waals surface area (Å²) in [6.07, 6.45) is 2.08. The van der Waals surface area contributed by atoms with Gasteiger partial charge in [-0.1, -0.05) is 30.3 Å². The first kappa shape index (κ1) is 18.5. The predicted octanol–water partition coefficient (Wildman–Crippen LogP) is 4.25. The van der Waals surface area contributed by atoms with Gasteiger partial charge in [0.2, 0.25) is 0 Å². The molecule has 3 rings (SSSR count). The van der Waals surface area contributed by atoms with Gasteiger partial charge in [-0.25, -0.2) is 0 Å². The number of methoxy groups -OCH3 is 1. The van der Waals surface area contributed by atoms with Crippen molar-refractivity contribution in [2.24, 2.45) is 5.92 Å². The second-order valence-corrected chi connectivity index (χ2v) is 6.68. The van der Waals surface area contributed by atoms with Crippen LogP contribution in [-0.4, -0.2) is 44.2 Å². The van der Waals surface area contributed by atoms with Crippen molar-refractivity contribution in [2.45, 2.75) is 19.8 Å². The number of benzene rings is 2. The minimum atomic E-state index is 0.102. The predicted molar refractivity (Wildman–Crippen MR) is 104 cm³/mol. The summed E-state index contributed by atoms with van der Waals surface area (Å²) in [4.78, 5) is 14.8. The molecule has 0 saturated carbocycles. The fourth-order valence-electron chi connectivity index (χ4n) is 3.45. The molecule has 2 aromatic carbocycles. The van der Waals surface area contributed by atoms with Crippen molar-refractivity contribution in [1.29, 1.82) is 0 Å². The lowest BCUT2D eigenvalue weighted by Crippen LogP contribution is -2.37. The zero-order chi connectivity index (χ0) is 18.4. The Morgan fingerprint density at radius 2 is 1.81 bits per heavy atom. The summed E-state index contributed by atoms with van der Waals surface area (Å²) in [6, 6.07) is 15.7. The van der Waals surface area contributed by atoms with E-state index in [0.717, 1.165) is 61.6 Å². The summed E-state index contributed by atoms with van der Waals surface area (Å²) >= 11 is 0. The van der Waals surface area contributed by atoms with Crippen LogP contribution in [0, 0.1) is 5.92 Å². The Kier molecular flexibility index (Phi) is 6.29. The first-order chi connectivity index (χ1) is 12.7. The zero-order valence-electron chi connectivity index (χ0n) is 15.6. The molecule has 138 valence electrons. The van der Waals surface area contributed by atoms with Gasteiger partial charge in [-0.05, 0) is 49.4 Å². The van der Waals surface area contributed by atoms with Crippen LogP contribution in [0.3, 0.4) is 0 Å². The molecule has 1 fully saturated rings. The van der Waals surface area contributed by atoms with Crippen LogP contribution < -0.4 is 4.74 Å². The van der Waals surface area contributed by atoms with Crippen LogP contribution in [0.1, 0.15) is 30.1 Å². The second-order valence-electron chi connectivity index (χ2n) is 6.68. The van der Waals surface area contributed by atoms with Crippen LogP contribution >= 0.6 is 0 Å². The minimum Gasteiger partial charge on any atom is -0.496 e. The van der Waals surface area contributed by atoms with E-state index in [1.165, 1.54) is 0 Å². The Bertz CT molecular complexity index is 720. The second kappa shape index (κ2) is 8.86. The zero-order valence-corrected chi connectivity index (χ0v) is 15.6. The largest absolute Gasteiger partial charge is 0.496 e. The molecule has 0 atom stereocenters. The van der Waals surface area contributed by atoms with Gasteiger partial charge in [0.05, 0.1) is 7.11 Å². The van der Waals surface area contributed by atoms with Gasteiger partial charge in [0.15, 0.2) is 0 Å². The Balaban J connectivity index is 1.73. The van der Waals surface area contributed by atoms with E-state index >= 15 is 0 Å². The number of para-hydroxylation sites is 1. The molecule has 1 aliphatic rings. The van der Waals surface area contributed by atoms with Crippen LogP contribution in [0.5, 0.6) is 5.75 Å². The number of carbonyl (C=O) groups is 1. The number of ether oxygens (including phenoxy) is 2. The highest BCUT2D eigenvalue weighted by Crippen LogP contribution is 2.29. The van der Waals surface area contributed by atoms with E-state index in [9.17, 15) is 4.79 Å². The van der Waals surface area contributed by atoms with Gasteiger partial charge in [-0.2, -0.15) is 0 Å². The number of amides is 1. The lowest BCUT2D eigenvalue weighted by atomic mass is 9.99. The molecule has 1 amide bonds. The van der Waals surface area contributed by atoms with E-state index in [2.05, 4.69) is 0 Å². The smallest absolute Gasteiger partial charge is 0.253 e. The standard InChI is InChI=1S/C22H27NO3/c1-3-23(16-17-12-14-26-15-13-17)22(24)19-10-8-18(9-11-19)20-6-4-5-7-21(20)25-2/h4-11,17H,3,12-16H2,1-2H3. The first-order valence-corrected chi connectivity index (χ1v) is 9.33. The van der Waals surface area contributed by atoms with E-state index < -0.39 is 0 Å². The summed E-state index contributed by atoms with van der Waals surface area (Å²) in [5, 5.41) is 0. The number of rotatable bonds is 6. The highest BCUT2D eigenvalue weighted by molar-refractivity contribution is 5.94. The van der Waals surface area contributed by atoms with Crippen LogP contribution in [0.2, 0.25) is 0 Å². The van der Waals surface area contributed by atoms with Crippen LogP contribution in [0.25, 0.3) is 11.1 Å². The highest BCUT2D eigenvalue weighted by Gasteiger charge is 2.21. The summed E-state index contributed by atoms with van der Waals surface area (Å²) in [5.41, 5.74) is 2.81. The maximum absolute atomic E-state index is 12.9. The van der Waals surface area contributed by atoms with E-state index in [-0.39, 0.29) is 5.91 Å². The SMILES string of the molecule is CCN(CC1CCOCC1)C(=O)c1ccc(-c2ccccc2OC)cc1. The Morgan fingerprint density at radius 3 is 2.46 bits per heavy atom. The molecule has 0 aromatic heterocycles. The van der Waals surface area contributed by atoms with Crippen molar-refractivity contribution < 1.29 is 14.3 Å². The molecule has 2 aromatic rings. The number of nitrogens with zero attached hydrogens (tertiary/aromatic N) is 1. The Hall–Kier alpha value is -2.33. The van der Waals surface area contributed by atoms with Gasteiger partial charge in [0.1, 0.15) is 5.75 Å². The van der Waals surface area contributed by atoms with E-state index in [1.807, 2.05) is 60.4 Å². The van der Waals surface area contributed by atoms with Crippen LogP contribution in [-0.2, 0) is 4.74 Å². The molecular formula is C22H27NO3. The molecule has 0 bridgehead atoms.